The Labute approximate surface area is 121 Å². The lowest BCUT2D eigenvalue weighted by molar-refractivity contribution is 0.103. The number of aliphatic hydroxyl groups excluding tert-OH is 1. The summed E-state index contributed by atoms with van der Waals surface area (Å²) < 4.78 is 0. The van der Waals surface area contributed by atoms with Crippen LogP contribution in [0, 0.1) is 18.8 Å². The zero-order valence-corrected chi connectivity index (χ0v) is 11.8. The molecule has 2 N–H and O–H groups in total. The van der Waals surface area contributed by atoms with E-state index in [0.29, 0.717) is 17.0 Å². The van der Waals surface area contributed by atoms with Gasteiger partial charge >= 0.3 is 0 Å². The summed E-state index contributed by atoms with van der Waals surface area (Å²) in [6, 6.07) is 7.33. The van der Waals surface area contributed by atoms with Gasteiger partial charge in [0.1, 0.15) is 4.88 Å². The third-order valence-electron chi connectivity index (χ3n) is 2.48. The maximum Gasteiger partial charge on any atom is 0.267 e. The average molecular weight is 286 g/mol. The lowest BCUT2D eigenvalue weighted by Crippen LogP contribution is -2.11. The van der Waals surface area contributed by atoms with Crippen molar-refractivity contribution in [2.45, 2.75) is 13.3 Å². The summed E-state index contributed by atoms with van der Waals surface area (Å²) in [4.78, 5) is 16.7. The fraction of sp³-hybridized carbons (Fsp3) is 0.200. The number of carbonyl (C=O) groups excluding carboxylic acids is 1. The van der Waals surface area contributed by atoms with Gasteiger partial charge in [0, 0.05) is 12.0 Å². The molecule has 0 radical (unpaired) electrons. The second-order valence-corrected chi connectivity index (χ2v) is 5.25. The van der Waals surface area contributed by atoms with Crippen molar-refractivity contribution in [1.29, 1.82) is 0 Å². The minimum Gasteiger partial charge on any atom is -0.395 e. The number of para-hydroxylation sites is 1. The maximum absolute atomic E-state index is 12.1. The van der Waals surface area contributed by atoms with Gasteiger partial charge in [0.15, 0.2) is 0 Å². The van der Waals surface area contributed by atoms with Crippen LogP contribution in [0.4, 0.5) is 5.69 Å². The first-order valence-corrected chi connectivity index (χ1v) is 6.95. The molecule has 0 fully saturated rings. The van der Waals surface area contributed by atoms with E-state index in [9.17, 15) is 4.79 Å². The van der Waals surface area contributed by atoms with Crippen molar-refractivity contribution in [2.24, 2.45) is 0 Å². The standard InChI is InChI=1S/C15H14N2O2S/c1-11-16-10-14(20-11)15(19)17-13-8-3-2-6-12(13)7-4-5-9-18/h2-3,6,8,10,18H,5,9H2,1H3,(H,17,19). The van der Waals surface area contributed by atoms with E-state index in [1.807, 2.05) is 25.1 Å². The lowest BCUT2D eigenvalue weighted by atomic mass is 10.1. The average Bonchev–Trinajstić information content (AvgIpc) is 2.88. The Kier molecular flexibility index (Phi) is 4.88. The largest absolute Gasteiger partial charge is 0.395 e. The van der Waals surface area contributed by atoms with E-state index in [4.69, 9.17) is 5.11 Å². The highest BCUT2D eigenvalue weighted by Crippen LogP contribution is 2.17. The van der Waals surface area contributed by atoms with Gasteiger partial charge in [0.25, 0.3) is 5.91 Å². The molecule has 2 rings (SSSR count). The molecule has 1 aromatic heterocycles. The Hall–Kier alpha value is -2.16. The van der Waals surface area contributed by atoms with Crippen LogP contribution >= 0.6 is 11.3 Å². The third kappa shape index (κ3) is 3.67. The Morgan fingerprint density at radius 1 is 1.45 bits per heavy atom. The van der Waals surface area contributed by atoms with Crippen LogP contribution in [0.5, 0.6) is 0 Å². The van der Waals surface area contributed by atoms with Crippen LogP contribution in [0.25, 0.3) is 0 Å². The summed E-state index contributed by atoms with van der Waals surface area (Å²) >= 11 is 1.35. The monoisotopic (exact) mass is 286 g/mol. The SMILES string of the molecule is Cc1ncc(C(=O)Nc2ccccc2C#CCCO)s1. The molecule has 0 spiro atoms. The molecule has 20 heavy (non-hydrogen) atoms. The lowest BCUT2D eigenvalue weighted by Gasteiger charge is -2.05. The summed E-state index contributed by atoms with van der Waals surface area (Å²) in [6.07, 6.45) is 1.98. The van der Waals surface area contributed by atoms with Crippen LogP contribution in [-0.2, 0) is 0 Å². The molecule has 1 heterocycles. The molecule has 0 aliphatic rings. The second-order valence-electron chi connectivity index (χ2n) is 4.02. The molecule has 1 aromatic carbocycles. The summed E-state index contributed by atoms with van der Waals surface area (Å²) in [5.74, 6) is 5.60. The van der Waals surface area contributed by atoms with Crippen LogP contribution < -0.4 is 5.32 Å². The third-order valence-corrected chi connectivity index (χ3v) is 3.39. The van der Waals surface area contributed by atoms with Crippen LogP contribution in [-0.4, -0.2) is 22.6 Å². The first-order chi connectivity index (χ1) is 9.70. The summed E-state index contributed by atoms with van der Waals surface area (Å²) in [5.41, 5.74) is 1.39. The fourth-order valence-corrected chi connectivity index (χ4v) is 2.24. The minimum absolute atomic E-state index is 0.0294. The predicted molar refractivity (Wildman–Crippen MR) is 79.8 cm³/mol. The Balaban J connectivity index is 2.17. The van der Waals surface area contributed by atoms with Crippen molar-refractivity contribution in [3.8, 4) is 11.8 Å². The number of hydrogen-bond acceptors (Lipinski definition) is 4. The number of carbonyl (C=O) groups is 1. The number of aromatic nitrogens is 1. The Morgan fingerprint density at radius 2 is 2.25 bits per heavy atom. The molecule has 0 aliphatic heterocycles. The van der Waals surface area contributed by atoms with Gasteiger partial charge in [0.2, 0.25) is 0 Å². The highest BCUT2D eigenvalue weighted by Gasteiger charge is 2.10. The number of nitrogens with zero attached hydrogens (tertiary/aromatic N) is 1. The molecule has 4 nitrogen and oxygen atoms in total. The molecule has 0 bridgehead atoms. The molecule has 1 amide bonds. The Morgan fingerprint density at radius 3 is 2.95 bits per heavy atom. The first kappa shape index (κ1) is 14.3. The van der Waals surface area contributed by atoms with E-state index in [1.54, 1.807) is 12.3 Å². The van der Waals surface area contributed by atoms with E-state index >= 15 is 0 Å². The second kappa shape index (κ2) is 6.85. The quantitative estimate of drug-likeness (QED) is 0.852. The van der Waals surface area contributed by atoms with Gasteiger partial charge in [-0.2, -0.15) is 0 Å². The smallest absolute Gasteiger partial charge is 0.267 e. The van der Waals surface area contributed by atoms with E-state index in [2.05, 4.69) is 22.1 Å². The summed E-state index contributed by atoms with van der Waals surface area (Å²) in [5, 5.41) is 12.4. The van der Waals surface area contributed by atoms with E-state index in [0.717, 1.165) is 10.6 Å². The zero-order chi connectivity index (χ0) is 14.4. The van der Waals surface area contributed by atoms with Gasteiger partial charge < -0.3 is 10.4 Å². The van der Waals surface area contributed by atoms with E-state index in [-0.39, 0.29) is 12.5 Å². The number of rotatable bonds is 3. The molecule has 0 saturated heterocycles. The van der Waals surface area contributed by atoms with Crippen LogP contribution in [0.15, 0.2) is 30.5 Å². The van der Waals surface area contributed by atoms with Gasteiger partial charge in [-0.1, -0.05) is 24.0 Å². The normalized spacial score (nSPS) is 9.70. The van der Waals surface area contributed by atoms with Gasteiger partial charge in [-0.05, 0) is 19.1 Å². The predicted octanol–water partition coefficient (Wildman–Crippen LogP) is 2.44. The van der Waals surface area contributed by atoms with Crippen LogP contribution in [0.1, 0.15) is 26.7 Å². The fourth-order valence-electron chi connectivity index (χ4n) is 1.57. The van der Waals surface area contributed by atoms with Gasteiger partial charge in [0.05, 0.1) is 23.5 Å². The van der Waals surface area contributed by atoms with Crippen molar-refractivity contribution < 1.29 is 9.90 Å². The maximum atomic E-state index is 12.1. The van der Waals surface area contributed by atoms with Crippen molar-refractivity contribution in [3.63, 3.8) is 0 Å². The van der Waals surface area contributed by atoms with Gasteiger partial charge in [-0.25, -0.2) is 4.98 Å². The molecule has 0 atom stereocenters. The number of aliphatic hydroxyl groups is 1. The van der Waals surface area contributed by atoms with E-state index in [1.165, 1.54) is 11.3 Å². The highest BCUT2D eigenvalue weighted by atomic mass is 32.1. The Bertz CT molecular complexity index is 668. The highest BCUT2D eigenvalue weighted by molar-refractivity contribution is 7.13. The molecule has 102 valence electrons. The van der Waals surface area contributed by atoms with Crippen LogP contribution in [0.3, 0.4) is 0 Å². The van der Waals surface area contributed by atoms with Crippen molar-refractivity contribution in [2.75, 3.05) is 11.9 Å². The number of nitrogens with one attached hydrogen (secondary N) is 1. The molecular weight excluding hydrogens is 272 g/mol. The molecule has 2 aromatic rings. The van der Waals surface area contributed by atoms with Crippen molar-refractivity contribution in [1.82, 2.24) is 4.98 Å². The van der Waals surface area contributed by atoms with Gasteiger partial charge in [-0.15, -0.1) is 11.3 Å². The van der Waals surface area contributed by atoms with Crippen molar-refractivity contribution in [3.05, 3.63) is 45.9 Å². The van der Waals surface area contributed by atoms with Crippen molar-refractivity contribution >= 4 is 22.9 Å². The topological polar surface area (TPSA) is 62.2 Å². The first-order valence-electron chi connectivity index (χ1n) is 6.13. The number of benzene rings is 1. The number of hydrogen-bond donors (Lipinski definition) is 2. The molecule has 0 saturated carbocycles. The number of aryl methyl sites for hydroxylation is 1. The molecule has 0 unspecified atom stereocenters. The minimum atomic E-state index is -0.188. The summed E-state index contributed by atoms with van der Waals surface area (Å²) in [6.45, 7) is 1.89. The summed E-state index contributed by atoms with van der Waals surface area (Å²) in [7, 11) is 0. The number of thiazole rings is 1. The van der Waals surface area contributed by atoms with Crippen LogP contribution in [0.2, 0.25) is 0 Å². The zero-order valence-electron chi connectivity index (χ0n) is 11.0. The molecule has 5 heteroatoms. The molecular formula is C15H14N2O2S. The van der Waals surface area contributed by atoms with Gasteiger partial charge in [-0.3, -0.25) is 4.79 Å². The molecule has 0 aliphatic carbocycles. The van der Waals surface area contributed by atoms with E-state index < -0.39 is 0 Å². The number of amides is 1. The number of anilines is 1.